The van der Waals surface area contributed by atoms with E-state index in [0.29, 0.717) is 46.8 Å². The van der Waals surface area contributed by atoms with Crippen LogP contribution in [0.4, 0.5) is 4.39 Å². The molecule has 200 valence electrons. The second kappa shape index (κ2) is 9.77. The minimum Gasteiger partial charge on any atom is -0.474 e. The van der Waals surface area contributed by atoms with Gasteiger partial charge in [0, 0.05) is 54.5 Å². The first kappa shape index (κ1) is 25.5. The van der Waals surface area contributed by atoms with E-state index in [1.54, 1.807) is 30.6 Å². The Morgan fingerprint density at radius 2 is 1.82 bits per heavy atom. The average molecular weight is 545 g/mol. The fourth-order valence-corrected chi connectivity index (χ4v) is 6.14. The number of ether oxygens (including phenoxy) is 1. The van der Waals surface area contributed by atoms with Gasteiger partial charge in [0.2, 0.25) is 5.88 Å². The van der Waals surface area contributed by atoms with Crippen molar-refractivity contribution >= 4 is 17.2 Å². The number of aromatic nitrogens is 4. The number of fused-ring (bicyclic) bond motifs is 1. The highest BCUT2D eigenvalue weighted by atomic mass is 32.1. The normalized spacial score (nSPS) is 20.1. The fraction of sp³-hybridized carbons (Fsp3) is 0.345. The summed E-state index contributed by atoms with van der Waals surface area (Å²) in [5, 5.41) is 0.659. The van der Waals surface area contributed by atoms with Gasteiger partial charge in [-0.05, 0) is 62.2 Å². The van der Waals surface area contributed by atoms with Crippen LogP contribution in [0, 0.1) is 17.7 Å². The molecule has 4 heterocycles. The van der Waals surface area contributed by atoms with Crippen LogP contribution >= 0.6 is 11.3 Å². The van der Waals surface area contributed by atoms with Crippen LogP contribution in [0.3, 0.4) is 0 Å². The molecule has 1 aliphatic heterocycles. The van der Waals surface area contributed by atoms with Gasteiger partial charge in [0.25, 0.3) is 5.91 Å². The van der Waals surface area contributed by atoms with Gasteiger partial charge in [-0.25, -0.2) is 24.3 Å². The number of carbonyl (C=O) groups is 1. The van der Waals surface area contributed by atoms with E-state index in [0.717, 1.165) is 16.8 Å². The third kappa shape index (κ3) is 5.02. The SMILES string of the molecule is CCc1nc(-c2ncccn2)sc1C(=O)N1CC2C(C1)C2Oc1cc(C(C)(C)N)cc(-c2ccc(F)cc2)n1. The summed E-state index contributed by atoms with van der Waals surface area (Å²) in [6.45, 7) is 7.10. The Bertz CT molecular complexity index is 1510. The lowest BCUT2D eigenvalue weighted by atomic mass is 9.95. The number of rotatable bonds is 7. The van der Waals surface area contributed by atoms with E-state index in [1.165, 1.54) is 23.5 Å². The van der Waals surface area contributed by atoms with E-state index in [1.807, 2.05) is 37.8 Å². The third-order valence-electron chi connectivity index (χ3n) is 7.33. The van der Waals surface area contributed by atoms with Crippen molar-refractivity contribution < 1.29 is 13.9 Å². The van der Waals surface area contributed by atoms with Crippen LogP contribution in [0.15, 0.2) is 54.9 Å². The minimum atomic E-state index is -0.603. The molecule has 4 aromatic rings. The van der Waals surface area contributed by atoms with Crippen molar-refractivity contribution in [2.75, 3.05) is 13.1 Å². The number of nitrogens with two attached hydrogens (primary N) is 1. The topological polar surface area (TPSA) is 107 Å². The minimum absolute atomic E-state index is 0.00100. The zero-order valence-electron chi connectivity index (χ0n) is 22.0. The number of pyridine rings is 1. The van der Waals surface area contributed by atoms with Crippen molar-refractivity contribution in [3.63, 3.8) is 0 Å². The number of hydrogen-bond acceptors (Lipinski definition) is 8. The van der Waals surface area contributed by atoms with Crippen molar-refractivity contribution in [1.82, 2.24) is 24.8 Å². The van der Waals surface area contributed by atoms with Crippen LogP contribution in [0.5, 0.6) is 5.88 Å². The molecule has 2 atom stereocenters. The molecule has 3 aromatic heterocycles. The Balaban J connectivity index is 1.17. The molecule has 6 rings (SSSR count). The van der Waals surface area contributed by atoms with Gasteiger partial charge in [0.05, 0.1) is 11.4 Å². The summed E-state index contributed by atoms with van der Waals surface area (Å²) in [4.78, 5) is 33.9. The van der Waals surface area contributed by atoms with Crippen LogP contribution in [0.1, 0.15) is 41.7 Å². The van der Waals surface area contributed by atoms with Gasteiger partial charge in [0.1, 0.15) is 16.8 Å². The molecule has 1 amide bonds. The number of amides is 1. The Hall–Kier alpha value is -3.76. The Labute approximate surface area is 230 Å². The molecule has 0 bridgehead atoms. The zero-order valence-corrected chi connectivity index (χ0v) is 22.8. The van der Waals surface area contributed by atoms with Crippen molar-refractivity contribution in [3.8, 4) is 28.0 Å². The Kier molecular flexibility index (Phi) is 6.39. The van der Waals surface area contributed by atoms with Crippen LogP contribution in [0.25, 0.3) is 22.1 Å². The largest absolute Gasteiger partial charge is 0.474 e. The Morgan fingerprint density at radius 3 is 2.46 bits per heavy atom. The lowest BCUT2D eigenvalue weighted by Crippen LogP contribution is -2.33. The summed E-state index contributed by atoms with van der Waals surface area (Å²) >= 11 is 1.35. The molecule has 2 unspecified atom stereocenters. The van der Waals surface area contributed by atoms with Gasteiger partial charge in [-0.3, -0.25) is 4.79 Å². The summed E-state index contributed by atoms with van der Waals surface area (Å²) < 4.78 is 19.8. The van der Waals surface area contributed by atoms with Crippen LogP contribution in [-0.2, 0) is 12.0 Å². The lowest BCUT2D eigenvalue weighted by molar-refractivity contribution is 0.0755. The number of carbonyl (C=O) groups excluding carboxylic acids is 1. The number of hydrogen-bond donors (Lipinski definition) is 1. The quantitative estimate of drug-likeness (QED) is 0.359. The maximum Gasteiger partial charge on any atom is 0.265 e. The average Bonchev–Trinajstić information content (AvgIpc) is 3.28. The Morgan fingerprint density at radius 1 is 1.13 bits per heavy atom. The summed E-state index contributed by atoms with van der Waals surface area (Å²) in [6.07, 6.45) is 3.99. The van der Waals surface area contributed by atoms with Crippen molar-refractivity contribution in [3.05, 3.63) is 76.8 Å². The van der Waals surface area contributed by atoms with E-state index in [4.69, 9.17) is 15.5 Å². The molecular weight excluding hydrogens is 515 g/mol. The summed E-state index contributed by atoms with van der Waals surface area (Å²) in [5.74, 6) is 1.21. The number of benzene rings is 1. The molecule has 1 aliphatic carbocycles. The predicted octanol–water partition coefficient (Wildman–Crippen LogP) is 4.71. The number of nitrogens with zero attached hydrogens (tertiary/aromatic N) is 5. The van der Waals surface area contributed by atoms with Crippen LogP contribution < -0.4 is 10.5 Å². The number of thiazole rings is 1. The first-order valence-electron chi connectivity index (χ1n) is 13.0. The fourth-order valence-electron chi connectivity index (χ4n) is 5.07. The second-order valence-corrected chi connectivity index (χ2v) is 11.6. The smallest absolute Gasteiger partial charge is 0.265 e. The van der Waals surface area contributed by atoms with Gasteiger partial charge < -0.3 is 15.4 Å². The standard InChI is InChI=1S/C29H29FN6O2S/c1-4-21-25(39-27(35-21)26-32-10-5-11-33-26)28(37)36-14-19-20(15-36)24(19)38-23-13-17(29(2,3)31)12-22(34-23)16-6-8-18(30)9-7-16/h5-13,19-20,24H,4,14-15,31H2,1-3H3. The monoisotopic (exact) mass is 544 g/mol. The number of aryl methyl sites for hydroxylation is 1. The molecule has 1 aromatic carbocycles. The van der Waals surface area contributed by atoms with Crippen molar-refractivity contribution in [2.24, 2.45) is 17.6 Å². The van der Waals surface area contributed by atoms with Crippen molar-refractivity contribution in [1.29, 1.82) is 0 Å². The number of halogens is 1. The van der Waals surface area contributed by atoms with E-state index < -0.39 is 5.54 Å². The van der Waals surface area contributed by atoms with Gasteiger partial charge in [-0.2, -0.15) is 0 Å². The molecular formula is C29H29FN6O2S. The van der Waals surface area contributed by atoms with Gasteiger partial charge in [-0.15, -0.1) is 11.3 Å². The molecule has 1 saturated carbocycles. The first-order chi connectivity index (χ1) is 18.7. The van der Waals surface area contributed by atoms with Gasteiger partial charge >= 0.3 is 0 Å². The second-order valence-electron chi connectivity index (χ2n) is 10.6. The first-order valence-corrected chi connectivity index (χ1v) is 13.8. The van der Waals surface area contributed by atoms with Gasteiger partial charge in [-0.1, -0.05) is 6.92 Å². The van der Waals surface area contributed by atoms with Crippen LogP contribution in [-0.4, -0.2) is 49.9 Å². The van der Waals surface area contributed by atoms with E-state index in [9.17, 15) is 9.18 Å². The molecule has 1 saturated heterocycles. The summed E-state index contributed by atoms with van der Waals surface area (Å²) in [6, 6.07) is 11.8. The molecule has 10 heteroatoms. The molecule has 2 N–H and O–H groups in total. The molecule has 39 heavy (non-hydrogen) atoms. The van der Waals surface area contributed by atoms with E-state index in [-0.39, 0.29) is 29.7 Å². The molecule has 0 spiro atoms. The maximum atomic E-state index is 13.5. The summed E-state index contributed by atoms with van der Waals surface area (Å²) in [7, 11) is 0. The highest BCUT2D eigenvalue weighted by Crippen LogP contribution is 2.48. The number of likely N-dealkylation sites (tertiary alicyclic amines) is 1. The van der Waals surface area contributed by atoms with Gasteiger partial charge in [0.15, 0.2) is 10.8 Å². The van der Waals surface area contributed by atoms with E-state index >= 15 is 0 Å². The zero-order chi connectivity index (χ0) is 27.3. The molecule has 8 nitrogen and oxygen atoms in total. The highest BCUT2D eigenvalue weighted by molar-refractivity contribution is 7.17. The lowest BCUT2D eigenvalue weighted by Gasteiger charge is -2.22. The summed E-state index contributed by atoms with van der Waals surface area (Å²) in [5.41, 5.74) is 8.93. The predicted molar refractivity (Wildman–Crippen MR) is 147 cm³/mol. The van der Waals surface area contributed by atoms with E-state index in [2.05, 4.69) is 15.0 Å². The molecule has 2 aliphatic rings. The van der Waals surface area contributed by atoms with Crippen molar-refractivity contribution in [2.45, 2.75) is 38.8 Å². The number of piperidine rings is 1. The highest BCUT2D eigenvalue weighted by Gasteiger charge is 2.59. The van der Waals surface area contributed by atoms with Crippen LogP contribution in [0.2, 0.25) is 0 Å². The third-order valence-corrected chi connectivity index (χ3v) is 8.41. The molecule has 0 radical (unpaired) electrons. The maximum absolute atomic E-state index is 13.5. The molecule has 2 fully saturated rings.